The average Bonchev–Trinajstić information content (AvgIpc) is 2.53. The SMILES string of the molecule is CCCCCCCCCCCCCCCCC(=O)OCOC. The molecule has 0 amide bonds. The van der Waals surface area contributed by atoms with Gasteiger partial charge >= 0.3 is 5.97 Å². The molecular formula is C19H38O3. The molecule has 0 aromatic heterocycles. The quantitative estimate of drug-likeness (QED) is 0.187. The van der Waals surface area contributed by atoms with Gasteiger partial charge in [0.15, 0.2) is 6.79 Å². The Balaban J connectivity index is 3.04. The molecule has 0 bridgehead atoms. The first-order valence-electron chi connectivity index (χ1n) is 9.45. The Morgan fingerprint density at radius 2 is 1.09 bits per heavy atom. The standard InChI is InChI=1S/C19H38O3/c1-3-4-5-6-7-8-9-10-11-12-13-14-15-16-17-19(20)22-18-21-2/h3-18H2,1-2H3. The molecule has 0 unspecified atom stereocenters. The number of hydrogen-bond acceptors (Lipinski definition) is 3. The molecular weight excluding hydrogens is 276 g/mol. The molecule has 0 aliphatic carbocycles. The lowest BCUT2D eigenvalue weighted by Gasteiger charge is -2.04. The van der Waals surface area contributed by atoms with Crippen LogP contribution >= 0.6 is 0 Å². The minimum Gasteiger partial charge on any atom is -0.438 e. The van der Waals surface area contributed by atoms with Gasteiger partial charge in [0.2, 0.25) is 0 Å². The zero-order valence-electron chi connectivity index (χ0n) is 15.0. The molecule has 3 nitrogen and oxygen atoms in total. The lowest BCUT2D eigenvalue weighted by molar-refractivity contribution is -0.154. The third kappa shape index (κ3) is 17.5. The monoisotopic (exact) mass is 314 g/mol. The number of unbranched alkanes of at least 4 members (excludes halogenated alkanes) is 13. The van der Waals surface area contributed by atoms with Crippen LogP contribution in [-0.2, 0) is 14.3 Å². The third-order valence-corrected chi connectivity index (χ3v) is 4.07. The predicted molar refractivity (Wildman–Crippen MR) is 92.9 cm³/mol. The Hall–Kier alpha value is -0.570. The van der Waals surface area contributed by atoms with Crippen molar-refractivity contribution < 1.29 is 14.3 Å². The molecule has 22 heavy (non-hydrogen) atoms. The molecule has 0 aromatic carbocycles. The van der Waals surface area contributed by atoms with Crippen LogP contribution in [0.3, 0.4) is 0 Å². The fourth-order valence-corrected chi connectivity index (χ4v) is 2.66. The highest BCUT2D eigenvalue weighted by molar-refractivity contribution is 5.69. The van der Waals surface area contributed by atoms with Crippen LogP contribution < -0.4 is 0 Å². The Labute approximate surface area is 138 Å². The third-order valence-electron chi connectivity index (χ3n) is 4.07. The largest absolute Gasteiger partial charge is 0.438 e. The maximum absolute atomic E-state index is 11.2. The molecule has 132 valence electrons. The molecule has 0 heterocycles. The van der Waals surface area contributed by atoms with Crippen LogP contribution in [0, 0.1) is 0 Å². The van der Waals surface area contributed by atoms with Crippen molar-refractivity contribution in [3.63, 3.8) is 0 Å². The zero-order valence-corrected chi connectivity index (χ0v) is 15.0. The van der Waals surface area contributed by atoms with Gasteiger partial charge in [-0.1, -0.05) is 90.4 Å². The summed E-state index contributed by atoms with van der Waals surface area (Å²) in [6.07, 6.45) is 19.2. The number of ether oxygens (including phenoxy) is 2. The molecule has 0 spiro atoms. The molecule has 0 aromatic rings. The molecule has 0 rings (SSSR count). The van der Waals surface area contributed by atoms with Gasteiger partial charge in [0.25, 0.3) is 0 Å². The summed E-state index contributed by atoms with van der Waals surface area (Å²) < 4.78 is 9.54. The number of methoxy groups -OCH3 is 1. The van der Waals surface area contributed by atoms with Crippen LogP contribution in [0.1, 0.15) is 103 Å². The van der Waals surface area contributed by atoms with Gasteiger partial charge in [-0.15, -0.1) is 0 Å². The van der Waals surface area contributed by atoms with Crippen molar-refractivity contribution in [3.8, 4) is 0 Å². The summed E-state index contributed by atoms with van der Waals surface area (Å²) in [5.74, 6) is -0.138. The molecule has 0 N–H and O–H groups in total. The number of carbonyl (C=O) groups is 1. The van der Waals surface area contributed by atoms with Crippen LogP contribution in [-0.4, -0.2) is 19.9 Å². The van der Waals surface area contributed by atoms with Crippen LogP contribution in [0.25, 0.3) is 0 Å². The summed E-state index contributed by atoms with van der Waals surface area (Å²) in [4.78, 5) is 11.2. The topological polar surface area (TPSA) is 35.5 Å². The van der Waals surface area contributed by atoms with Crippen molar-refractivity contribution in [2.45, 2.75) is 103 Å². The lowest BCUT2D eigenvalue weighted by Crippen LogP contribution is -2.06. The first-order valence-corrected chi connectivity index (χ1v) is 9.45. The van der Waals surface area contributed by atoms with E-state index < -0.39 is 0 Å². The van der Waals surface area contributed by atoms with E-state index in [9.17, 15) is 4.79 Å². The van der Waals surface area contributed by atoms with Gasteiger partial charge in [-0.2, -0.15) is 0 Å². The molecule has 3 heteroatoms. The van der Waals surface area contributed by atoms with E-state index in [4.69, 9.17) is 9.47 Å². The van der Waals surface area contributed by atoms with Gasteiger partial charge in [0.1, 0.15) is 0 Å². The predicted octanol–water partition coefficient (Wildman–Crippen LogP) is 6.00. The Kier molecular flexibility index (Phi) is 18.0. The zero-order chi connectivity index (χ0) is 16.3. The first kappa shape index (κ1) is 21.4. The molecule has 0 radical (unpaired) electrons. The van der Waals surface area contributed by atoms with E-state index in [1.54, 1.807) is 0 Å². The minimum absolute atomic E-state index is 0.0808. The van der Waals surface area contributed by atoms with Gasteiger partial charge in [-0.05, 0) is 6.42 Å². The number of hydrogen-bond donors (Lipinski definition) is 0. The summed E-state index contributed by atoms with van der Waals surface area (Å²) >= 11 is 0. The highest BCUT2D eigenvalue weighted by Crippen LogP contribution is 2.13. The van der Waals surface area contributed by atoms with Gasteiger partial charge < -0.3 is 9.47 Å². The summed E-state index contributed by atoms with van der Waals surface area (Å²) in [5.41, 5.74) is 0. The maximum atomic E-state index is 11.2. The average molecular weight is 315 g/mol. The minimum atomic E-state index is -0.138. The molecule has 0 fully saturated rings. The Morgan fingerprint density at radius 1 is 0.682 bits per heavy atom. The van der Waals surface area contributed by atoms with E-state index in [-0.39, 0.29) is 12.8 Å². The second-order valence-electron chi connectivity index (χ2n) is 6.27. The van der Waals surface area contributed by atoms with Crippen molar-refractivity contribution in [2.24, 2.45) is 0 Å². The second-order valence-corrected chi connectivity index (χ2v) is 6.27. The summed E-state index contributed by atoms with van der Waals surface area (Å²) in [5, 5.41) is 0. The van der Waals surface area contributed by atoms with E-state index in [0.717, 1.165) is 12.8 Å². The van der Waals surface area contributed by atoms with Gasteiger partial charge in [-0.25, -0.2) is 0 Å². The molecule has 0 aliphatic rings. The molecule has 0 saturated heterocycles. The van der Waals surface area contributed by atoms with E-state index in [2.05, 4.69) is 6.92 Å². The highest BCUT2D eigenvalue weighted by atomic mass is 16.7. The van der Waals surface area contributed by atoms with Gasteiger partial charge in [0.05, 0.1) is 0 Å². The fraction of sp³-hybridized carbons (Fsp3) is 0.947. The first-order chi connectivity index (χ1) is 10.8. The van der Waals surface area contributed by atoms with Crippen molar-refractivity contribution in [1.29, 1.82) is 0 Å². The second kappa shape index (κ2) is 18.5. The fourth-order valence-electron chi connectivity index (χ4n) is 2.66. The van der Waals surface area contributed by atoms with Crippen molar-refractivity contribution in [2.75, 3.05) is 13.9 Å². The number of carbonyl (C=O) groups excluding carboxylic acids is 1. The lowest BCUT2D eigenvalue weighted by atomic mass is 10.0. The number of esters is 1. The van der Waals surface area contributed by atoms with E-state index in [1.807, 2.05) is 0 Å². The van der Waals surface area contributed by atoms with Crippen LogP contribution in [0.4, 0.5) is 0 Å². The van der Waals surface area contributed by atoms with E-state index >= 15 is 0 Å². The molecule has 0 atom stereocenters. The van der Waals surface area contributed by atoms with E-state index in [0.29, 0.717) is 6.42 Å². The van der Waals surface area contributed by atoms with Crippen LogP contribution in [0.15, 0.2) is 0 Å². The Bertz CT molecular complexity index is 229. The maximum Gasteiger partial charge on any atom is 0.307 e. The number of rotatable bonds is 17. The van der Waals surface area contributed by atoms with Crippen molar-refractivity contribution >= 4 is 5.97 Å². The summed E-state index contributed by atoms with van der Waals surface area (Å²) in [6, 6.07) is 0. The summed E-state index contributed by atoms with van der Waals surface area (Å²) in [6.45, 7) is 2.35. The molecule has 0 aliphatic heterocycles. The van der Waals surface area contributed by atoms with E-state index in [1.165, 1.54) is 84.2 Å². The van der Waals surface area contributed by atoms with Crippen molar-refractivity contribution in [1.82, 2.24) is 0 Å². The highest BCUT2D eigenvalue weighted by Gasteiger charge is 2.01. The summed E-state index contributed by atoms with van der Waals surface area (Å²) in [7, 11) is 1.53. The van der Waals surface area contributed by atoms with Gasteiger partial charge in [0, 0.05) is 13.5 Å². The normalized spacial score (nSPS) is 10.8. The van der Waals surface area contributed by atoms with Crippen LogP contribution in [0.5, 0.6) is 0 Å². The Morgan fingerprint density at radius 3 is 1.50 bits per heavy atom. The molecule has 0 saturated carbocycles. The van der Waals surface area contributed by atoms with Crippen LogP contribution in [0.2, 0.25) is 0 Å². The smallest absolute Gasteiger partial charge is 0.307 e. The van der Waals surface area contributed by atoms with Gasteiger partial charge in [-0.3, -0.25) is 4.79 Å². The van der Waals surface area contributed by atoms with Crippen molar-refractivity contribution in [3.05, 3.63) is 0 Å².